The largest absolute Gasteiger partial charge is 0.480 e. The maximum atomic E-state index is 12.6. The van der Waals surface area contributed by atoms with E-state index in [1.165, 1.54) is 18.3 Å². The molecule has 2 aromatic heterocycles. The number of pyridine rings is 1. The van der Waals surface area contributed by atoms with Crippen molar-refractivity contribution in [2.75, 3.05) is 6.54 Å². The van der Waals surface area contributed by atoms with E-state index in [1.54, 1.807) is 30.3 Å². The van der Waals surface area contributed by atoms with Gasteiger partial charge in [0, 0.05) is 19.2 Å². The monoisotopic (exact) mass is 512 g/mol. The fraction of sp³-hybridized carbons (Fsp3) is 0.227. The van der Waals surface area contributed by atoms with Gasteiger partial charge in [-0.3, -0.25) is 9.59 Å². The third-order valence-corrected chi connectivity index (χ3v) is 4.90. The van der Waals surface area contributed by atoms with Crippen LogP contribution in [0.25, 0.3) is 5.65 Å². The molecule has 0 spiro atoms. The number of rotatable bonds is 10. The number of carboxylic acids is 1. The number of ether oxygens (including phenoxy) is 1. The quantitative estimate of drug-likeness (QED) is 0.161. The molecule has 0 radical (unpaired) electrons. The van der Waals surface area contributed by atoms with Crippen molar-refractivity contribution in [3.05, 3.63) is 70.3 Å². The van der Waals surface area contributed by atoms with Gasteiger partial charge in [-0.1, -0.05) is 30.3 Å². The second-order valence-corrected chi connectivity index (χ2v) is 7.64. The van der Waals surface area contributed by atoms with Crippen LogP contribution in [-0.4, -0.2) is 61.7 Å². The van der Waals surface area contributed by atoms with Gasteiger partial charge in [-0.15, -0.1) is 5.10 Å². The number of aliphatic carboxylic acids is 1. The number of nitrogens with one attached hydrogen (secondary N) is 2. The molecular weight excluding hydrogens is 488 g/mol. The van der Waals surface area contributed by atoms with Crippen LogP contribution in [0.4, 0.5) is 4.79 Å². The van der Waals surface area contributed by atoms with Gasteiger partial charge in [-0.25, -0.2) is 23.5 Å². The van der Waals surface area contributed by atoms with Crippen LogP contribution < -0.4 is 27.8 Å². The Hall–Kier alpha value is -5.21. The standard InChI is InChI=1S/C22H24N8O7/c23-20(24)27-17(31)8-9-30-22(36)29-11-14(6-7-16(29)28-30)18(32)25-10-15(19(33)34)26-21(35)37-12-13-4-2-1-3-5-13/h1-7,11,15H,8-10,12H2,(H,25,32)(H,26,35)(H,33,34)(H4,23,24,27,31). The van der Waals surface area contributed by atoms with Crippen LogP contribution in [0.3, 0.4) is 0 Å². The maximum Gasteiger partial charge on any atom is 0.408 e. The molecule has 0 aliphatic rings. The van der Waals surface area contributed by atoms with E-state index >= 15 is 0 Å². The van der Waals surface area contributed by atoms with Crippen LogP contribution in [0.5, 0.6) is 0 Å². The number of nitrogens with zero attached hydrogens (tertiary/aromatic N) is 4. The number of nitrogens with two attached hydrogens (primary N) is 2. The Morgan fingerprint density at radius 2 is 1.84 bits per heavy atom. The highest BCUT2D eigenvalue weighted by molar-refractivity contribution is 5.94. The number of aliphatic imine (C=N–C) groups is 1. The minimum Gasteiger partial charge on any atom is -0.480 e. The van der Waals surface area contributed by atoms with Gasteiger partial charge < -0.3 is 31.9 Å². The SMILES string of the molecule is NC(N)=NC(=O)CCn1nc2ccc(C(=O)NCC(NC(=O)OCc3ccccc3)C(=O)O)cn2c1=O. The van der Waals surface area contributed by atoms with Crippen LogP contribution in [-0.2, 0) is 27.5 Å². The summed E-state index contributed by atoms with van der Waals surface area (Å²) in [6, 6.07) is 10.1. The van der Waals surface area contributed by atoms with Crippen molar-refractivity contribution < 1.29 is 29.0 Å². The van der Waals surface area contributed by atoms with E-state index in [1.807, 2.05) is 0 Å². The topological polar surface area (TPSA) is 225 Å². The summed E-state index contributed by atoms with van der Waals surface area (Å²) < 4.78 is 7.11. The Kier molecular flexibility index (Phi) is 8.54. The van der Waals surface area contributed by atoms with E-state index in [-0.39, 0.29) is 30.8 Å². The Morgan fingerprint density at radius 3 is 2.51 bits per heavy atom. The molecule has 15 heteroatoms. The number of aryl methyl sites for hydroxylation is 1. The third kappa shape index (κ3) is 7.38. The lowest BCUT2D eigenvalue weighted by atomic mass is 10.2. The number of carboxylic acid groups (broad SMARTS) is 1. The molecule has 15 nitrogen and oxygen atoms in total. The van der Waals surface area contributed by atoms with Gasteiger partial charge >= 0.3 is 17.8 Å². The normalized spacial score (nSPS) is 11.4. The van der Waals surface area contributed by atoms with Gasteiger partial charge in [0.15, 0.2) is 11.6 Å². The number of carbonyl (C=O) groups excluding carboxylic acids is 3. The minimum absolute atomic E-state index is 0.0292. The van der Waals surface area contributed by atoms with Crippen LogP contribution in [0, 0.1) is 0 Å². The first-order valence-corrected chi connectivity index (χ1v) is 10.8. The van der Waals surface area contributed by atoms with Gasteiger partial charge in [0.05, 0.1) is 12.1 Å². The first-order valence-electron chi connectivity index (χ1n) is 10.8. The zero-order valence-corrected chi connectivity index (χ0v) is 19.4. The Bertz CT molecular complexity index is 1390. The van der Waals surface area contributed by atoms with E-state index in [0.29, 0.717) is 5.56 Å². The van der Waals surface area contributed by atoms with Crippen LogP contribution in [0.15, 0.2) is 58.4 Å². The summed E-state index contributed by atoms with van der Waals surface area (Å²) in [6.45, 7) is -0.603. The first kappa shape index (κ1) is 26.4. The average Bonchev–Trinajstić information content (AvgIpc) is 3.18. The number of hydrogen-bond acceptors (Lipinski definition) is 7. The minimum atomic E-state index is -1.47. The molecule has 194 valence electrons. The molecule has 2 heterocycles. The predicted octanol–water partition coefficient (Wildman–Crippen LogP) is -1.20. The summed E-state index contributed by atoms with van der Waals surface area (Å²) in [5, 5.41) is 18.0. The third-order valence-electron chi connectivity index (χ3n) is 4.90. The van der Waals surface area contributed by atoms with E-state index in [4.69, 9.17) is 16.2 Å². The number of guanidine groups is 1. The predicted molar refractivity (Wildman–Crippen MR) is 128 cm³/mol. The van der Waals surface area contributed by atoms with Crippen molar-refractivity contribution in [1.82, 2.24) is 24.8 Å². The number of fused-ring (bicyclic) bond motifs is 1. The van der Waals surface area contributed by atoms with Crippen molar-refractivity contribution in [1.29, 1.82) is 0 Å². The maximum absolute atomic E-state index is 12.6. The van der Waals surface area contributed by atoms with E-state index < -0.39 is 48.1 Å². The second kappa shape index (κ2) is 12.0. The zero-order chi connectivity index (χ0) is 26.9. The van der Waals surface area contributed by atoms with Crippen LogP contribution >= 0.6 is 0 Å². The highest BCUT2D eigenvalue weighted by atomic mass is 16.5. The van der Waals surface area contributed by atoms with Crippen molar-refractivity contribution >= 4 is 35.5 Å². The van der Waals surface area contributed by atoms with Crippen molar-refractivity contribution in [3.63, 3.8) is 0 Å². The molecule has 1 unspecified atom stereocenters. The highest BCUT2D eigenvalue weighted by Gasteiger charge is 2.22. The number of carbonyl (C=O) groups is 4. The first-order chi connectivity index (χ1) is 17.6. The lowest BCUT2D eigenvalue weighted by Gasteiger charge is -2.15. The lowest BCUT2D eigenvalue weighted by Crippen LogP contribution is -2.48. The summed E-state index contributed by atoms with van der Waals surface area (Å²) in [7, 11) is 0. The van der Waals surface area contributed by atoms with Gasteiger partial charge in [-0.2, -0.15) is 4.99 Å². The van der Waals surface area contributed by atoms with E-state index in [2.05, 4.69) is 20.7 Å². The van der Waals surface area contributed by atoms with Gasteiger partial charge in [-0.05, 0) is 17.7 Å². The van der Waals surface area contributed by atoms with E-state index in [0.717, 1.165) is 9.08 Å². The molecule has 0 bridgehead atoms. The molecule has 0 fully saturated rings. The van der Waals surface area contributed by atoms with E-state index in [9.17, 15) is 29.1 Å². The summed E-state index contributed by atoms with van der Waals surface area (Å²) in [4.78, 5) is 63.6. The summed E-state index contributed by atoms with van der Waals surface area (Å²) >= 11 is 0. The van der Waals surface area contributed by atoms with Crippen LogP contribution in [0.1, 0.15) is 22.3 Å². The zero-order valence-electron chi connectivity index (χ0n) is 19.4. The fourth-order valence-corrected chi connectivity index (χ4v) is 3.10. The average molecular weight is 512 g/mol. The van der Waals surface area contributed by atoms with Gasteiger partial charge in [0.2, 0.25) is 0 Å². The van der Waals surface area contributed by atoms with Crippen molar-refractivity contribution in [2.45, 2.75) is 25.6 Å². The number of hydrogen-bond donors (Lipinski definition) is 5. The highest BCUT2D eigenvalue weighted by Crippen LogP contribution is 2.04. The molecule has 1 aromatic carbocycles. The molecular formula is C22H24N8O7. The molecule has 3 rings (SSSR count). The number of amides is 3. The Morgan fingerprint density at radius 1 is 1.11 bits per heavy atom. The molecule has 0 aliphatic heterocycles. The number of alkyl carbamates (subject to hydrolysis) is 1. The molecule has 3 amide bonds. The summed E-state index contributed by atoms with van der Waals surface area (Å²) in [6.07, 6.45) is 0.0714. The molecule has 0 aliphatic carbocycles. The summed E-state index contributed by atoms with van der Waals surface area (Å²) in [5.41, 5.74) is 10.6. The van der Waals surface area contributed by atoms with Crippen molar-refractivity contribution in [3.8, 4) is 0 Å². The summed E-state index contributed by atoms with van der Waals surface area (Å²) in [5.74, 6) is -3.11. The Labute approximate surface area is 208 Å². The number of benzene rings is 1. The number of aromatic nitrogens is 3. The molecule has 0 saturated heterocycles. The fourth-order valence-electron chi connectivity index (χ4n) is 3.10. The van der Waals surface area contributed by atoms with Gasteiger partial charge in [0.1, 0.15) is 12.6 Å². The van der Waals surface area contributed by atoms with Crippen molar-refractivity contribution in [2.24, 2.45) is 16.5 Å². The lowest BCUT2D eigenvalue weighted by molar-refractivity contribution is -0.139. The molecule has 7 N–H and O–H groups in total. The Balaban J connectivity index is 1.60. The molecule has 0 saturated carbocycles. The molecule has 37 heavy (non-hydrogen) atoms. The van der Waals surface area contributed by atoms with Gasteiger partial charge in [0.25, 0.3) is 11.8 Å². The molecule has 1 atom stereocenters. The molecule has 3 aromatic rings. The van der Waals surface area contributed by atoms with Crippen LogP contribution in [0.2, 0.25) is 0 Å². The second-order valence-electron chi connectivity index (χ2n) is 7.64. The smallest absolute Gasteiger partial charge is 0.408 e.